The molecular weight excluding hydrogens is 248 g/mol. The number of aromatic nitrogens is 4. The maximum absolute atomic E-state index is 10.6. The molecule has 19 heavy (non-hydrogen) atoms. The molecule has 0 amide bonds. The molecule has 2 heterocycles. The Labute approximate surface area is 109 Å². The molecule has 2 aromatic heterocycles. The van der Waals surface area contributed by atoms with Gasteiger partial charge in [0.2, 0.25) is 11.7 Å². The SMILES string of the molecule is Cc1nccc(-c2noc(CC(C)CC(=O)O)n2)n1. The Balaban J connectivity index is 2.09. The van der Waals surface area contributed by atoms with Gasteiger partial charge in [-0.2, -0.15) is 4.98 Å². The molecule has 7 nitrogen and oxygen atoms in total. The molecule has 2 aromatic rings. The zero-order valence-electron chi connectivity index (χ0n) is 10.7. The van der Waals surface area contributed by atoms with E-state index in [1.165, 1.54) is 0 Å². The third-order valence-corrected chi connectivity index (χ3v) is 2.52. The normalized spacial score (nSPS) is 12.3. The Bertz CT molecular complexity index is 582. The molecule has 2 rings (SSSR count). The number of carbonyl (C=O) groups is 1. The first-order valence-corrected chi connectivity index (χ1v) is 5.89. The Hall–Kier alpha value is -2.31. The maximum Gasteiger partial charge on any atom is 0.303 e. The molecule has 7 heteroatoms. The van der Waals surface area contributed by atoms with Crippen LogP contribution in [-0.2, 0) is 11.2 Å². The highest BCUT2D eigenvalue weighted by atomic mass is 16.5. The molecule has 0 aliphatic carbocycles. The average molecular weight is 262 g/mol. The van der Waals surface area contributed by atoms with E-state index in [2.05, 4.69) is 20.1 Å². The summed E-state index contributed by atoms with van der Waals surface area (Å²) in [6.07, 6.45) is 2.13. The Morgan fingerprint density at radius 2 is 2.26 bits per heavy atom. The second-order valence-electron chi connectivity index (χ2n) is 4.41. The summed E-state index contributed by atoms with van der Waals surface area (Å²) in [6.45, 7) is 3.60. The van der Waals surface area contributed by atoms with Crippen LogP contribution >= 0.6 is 0 Å². The van der Waals surface area contributed by atoms with E-state index in [4.69, 9.17) is 9.63 Å². The van der Waals surface area contributed by atoms with Gasteiger partial charge in [0.15, 0.2) is 0 Å². The van der Waals surface area contributed by atoms with Crippen molar-refractivity contribution in [3.63, 3.8) is 0 Å². The highest BCUT2D eigenvalue weighted by Gasteiger charge is 2.15. The van der Waals surface area contributed by atoms with E-state index in [-0.39, 0.29) is 12.3 Å². The molecule has 100 valence electrons. The number of nitrogens with zero attached hydrogens (tertiary/aromatic N) is 4. The number of aliphatic carboxylic acids is 1. The minimum absolute atomic E-state index is 0.0575. The zero-order chi connectivity index (χ0) is 13.8. The highest BCUT2D eigenvalue weighted by molar-refractivity contribution is 5.66. The second-order valence-corrected chi connectivity index (χ2v) is 4.41. The maximum atomic E-state index is 10.6. The van der Waals surface area contributed by atoms with Crippen LogP contribution < -0.4 is 0 Å². The van der Waals surface area contributed by atoms with Gasteiger partial charge in [0, 0.05) is 19.0 Å². The Morgan fingerprint density at radius 1 is 1.47 bits per heavy atom. The molecule has 0 saturated heterocycles. The van der Waals surface area contributed by atoms with Gasteiger partial charge in [0.05, 0.1) is 0 Å². The standard InChI is InChI=1S/C12H14N4O3/c1-7(6-11(17)18)5-10-15-12(16-19-10)9-3-4-13-8(2)14-9/h3-4,7H,5-6H2,1-2H3,(H,17,18). The van der Waals surface area contributed by atoms with E-state index < -0.39 is 5.97 Å². The first-order chi connectivity index (χ1) is 9.04. The number of aryl methyl sites for hydroxylation is 1. The number of hydrogen-bond acceptors (Lipinski definition) is 6. The van der Waals surface area contributed by atoms with Crippen LogP contribution in [0.1, 0.15) is 25.1 Å². The third-order valence-electron chi connectivity index (χ3n) is 2.52. The van der Waals surface area contributed by atoms with E-state index in [9.17, 15) is 4.79 Å². The van der Waals surface area contributed by atoms with Gasteiger partial charge in [-0.15, -0.1) is 0 Å². The van der Waals surface area contributed by atoms with Gasteiger partial charge in [-0.05, 0) is 18.9 Å². The van der Waals surface area contributed by atoms with Crippen LogP contribution in [0.4, 0.5) is 0 Å². The van der Waals surface area contributed by atoms with Crippen LogP contribution in [0, 0.1) is 12.8 Å². The first-order valence-electron chi connectivity index (χ1n) is 5.89. The molecule has 0 aliphatic heterocycles. The van der Waals surface area contributed by atoms with E-state index in [1.54, 1.807) is 19.2 Å². The number of carboxylic acid groups (broad SMARTS) is 1. The summed E-state index contributed by atoms with van der Waals surface area (Å²) in [5, 5.41) is 12.5. The third kappa shape index (κ3) is 3.57. The topological polar surface area (TPSA) is 102 Å². The summed E-state index contributed by atoms with van der Waals surface area (Å²) < 4.78 is 5.10. The van der Waals surface area contributed by atoms with E-state index in [0.717, 1.165) is 0 Å². The van der Waals surface area contributed by atoms with Crippen molar-refractivity contribution in [3.05, 3.63) is 24.0 Å². The quantitative estimate of drug-likeness (QED) is 0.870. The molecule has 0 aromatic carbocycles. The molecule has 0 aliphatic rings. The van der Waals surface area contributed by atoms with Crippen molar-refractivity contribution in [3.8, 4) is 11.5 Å². The first kappa shape index (κ1) is 13.1. The predicted molar refractivity (Wildman–Crippen MR) is 65.2 cm³/mol. The largest absolute Gasteiger partial charge is 0.481 e. The molecule has 1 unspecified atom stereocenters. The summed E-state index contributed by atoms with van der Waals surface area (Å²) in [5.74, 6) is 0.544. The zero-order valence-corrected chi connectivity index (χ0v) is 10.7. The van der Waals surface area contributed by atoms with Crippen LogP contribution in [-0.4, -0.2) is 31.2 Å². The van der Waals surface area contributed by atoms with Crippen LogP contribution in [0.2, 0.25) is 0 Å². The van der Waals surface area contributed by atoms with Crippen LogP contribution in [0.15, 0.2) is 16.8 Å². The number of carboxylic acids is 1. The molecule has 0 spiro atoms. The van der Waals surface area contributed by atoms with Crippen LogP contribution in [0.5, 0.6) is 0 Å². The Morgan fingerprint density at radius 3 is 2.95 bits per heavy atom. The summed E-state index contributed by atoms with van der Waals surface area (Å²) in [5.41, 5.74) is 0.591. The number of rotatable bonds is 5. The molecule has 0 saturated carbocycles. The van der Waals surface area contributed by atoms with Gasteiger partial charge in [0.25, 0.3) is 0 Å². The van der Waals surface area contributed by atoms with Gasteiger partial charge >= 0.3 is 5.97 Å². The minimum atomic E-state index is -0.835. The van der Waals surface area contributed by atoms with Crippen LogP contribution in [0.3, 0.4) is 0 Å². The lowest BCUT2D eigenvalue weighted by Gasteiger charge is -2.03. The van der Waals surface area contributed by atoms with Crippen molar-refractivity contribution < 1.29 is 14.4 Å². The lowest BCUT2D eigenvalue weighted by Crippen LogP contribution is -2.07. The van der Waals surface area contributed by atoms with Gasteiger partial charge in [-0.25, -0.2) is 9.97 Å². The van der Waals surface area contributed by atoms with Crippen molar-refractivity contribution in [1.29, 1.82) is 0 Å². The van der Waals surface area contributed by atoms with Crippen LogP contribution in [0.25, 0.3) is 11.5 Å². The van der Waals surface area contributed by atoms with Crippen molar-refractivity contribution in [2.24, 2.45) is 5.92 Å². The van der Waals surface area contributed by atoms with Crippen molar-refractivity contribution in [2.45, 2.75) is 26.7 Å². The summed E-state index contributed by atoms with van der Waals surface area (Å²) >= 11 is 0. The second kappa shape index (κ2) is 5.55. The van der Waals surface area contributed by atoms with E-state index in [0.29, 0.717) is 29.7 Å². The van der Waals surface area contributed by atoms with Gasteiger partial charge in [-0.1, -0.05) is 12.1 Å². The fraction of sp³-hybridized carbons (Fsp3) is 0.417. The fourth-order valence-electron chi connectivity index (χ4n) is 1.69. The summed E-state index contributed by atoms with van der Waals surface area (Å²) in [7, 11) is 0. The summed E-state index contributed by atoms with van der Waals surface area (Å²) in [6, 6.07) is 1.70. The monoisotopic (exact) mass is 262 g/mol. The lowest BCUT2D eigenvalue weighted by atomic mass is 10.0. The van der Waals surface area contributed by atoms with Crippen molar-refractivity contribution >= 4 is 5.97 Å². The number of hydrogen-bond donors (Lipinski definition) is 1. The average Bonchev–Trinajstić information content (AvgIpc) is 2.76. The smallest absolute Gasteiger partial charge is 0.303 e. The lowest BCUT2D eigenvalue weighted by molar-refractivity contribution is -0.137. The van der Waals surface area contributed by atoms with Gasteiger partial charge in [0.1, 0.15) is 11.5 Å². The van der Waals surface area contributed by atoms with Gasteiger partial charge < -0.3 is 9.63 Å². The molecular formula is C12H14N4O3. The van der Waals surface area contributed by atoms with E-state index in [1.807, 2.05) is 6.92 Å². The molecule has 1 atom stereocenters. The summed E-state index contributed by atoms with van der Waals surface area (Å²) in [4.78, 5) is 23.0. The molecule has 1 N–H and O–H groups in total. The molecule has 0 fully saturated rings. The van der Waals surface area contributed by atoms with Gasteiger partial charge in [-0.3, -0.25) is 4.79 Å². The minimum Gasteiger partial charge on any atom is -0.481 e. The predicted octanol–water partition coefficient (Wildman–Crippen LogP) is 1.49. The highest BCUT2D eigenvalue weighted by Crippen LogP contribution is 2.15. The Kier molecular flexibility index (Phi) is 3.84. The van der Waals surface area contributed by atoms with Crippen molar-refractivity contribution in [1.82, 2.24) is 20.1 Å². The molecule has 0 bridgehead atoms. The fourth-order valence-corrected chi connectivity index (χ4v) is 1.69. The van der Waals surface area contributed by atoms with Crippen molar-refractivity contribution in [2.75, 3.05) is 0 Å². The van der Waals surface area contributed by atoms with E-state index >= 15 is 0 Å². The molecule has 0 radical (unpaired) electrons.